The van der Waals surface area contributed by atoms with Gasteiger partial charge in [0.05, 0.1) is 26.0 Å². The predicted molar refractivity (Wildman–Crippen MR) is 161 cm³/mol. The van der Waals surface area contributed by atoms with Gasteiger partial charge in [0.25, 0.3) is 0 Å². The van der Waals surface area contributed by atoms with E-state index in [1.807, 2.05) is 24.3 Å². The molecule has 6 atom stereocenters. The molecule has 1 aliphatic carbocycles. The fourth-order valence-corrected chi connectivity index (χ4v) is 7.28. The number of rotatable bonds is 17. The lowest BCUT2D eigenvalue weighted by Crippen LogP contribution is -2.69. The number of aliphatic hydroxyl groups is 2. The number of nitrogens with one attached hydrogen (secondary N) is 1. The molecule has 4 aliphatic rings. The van der Waals surface area contributed by atoms with Gasteiger partial charge >= 0.3 is 5.97 Å². The molecule has 3 heterocycles. The van der Waals surface area contributed by atoms with E-state index in [2.05, 4.69) is 19.2 Å². The van der Waals surface area contributed by atoms with Crippen molar-refractivity contribution < 1.29 is 43.6 Å². The maximum Gasteiger partial charge on any atom is 0.327 e. The van der Waals surface area contributed by atoms with Crippen molar-refractivity contribution in [2.24, 2.45) is 5.41 Å². The van der Waals surface area contributed by atoms with Crippen LogP contribution in [0.4, 0.5) is 0 Å². The van der Waals surface area contributed by atoms with Crippen LogP contribution in [0.5, 0.6) is 0 Å². The highest BCUT2D eigenvalue weighted by Crippen LogP contribution is 2.58. The summed E-state index contributed by atoms with van der Waals surface area (Å²) in [6, 6.07) is 6.63. The minimum atomic E-state index is -1.28. The number of fused-ring (bicyclic) bond motifs is 4. The van der Waals surface area contributed by atoms with Crippen molar-refractivity contribution in [2.75, 3.05) is 26.4 Å². The van der Waals surface area contributed by atoms with Crippen LogP contribution < -0.4 is 5.32 Å². The molecule has 244 valence electrons. The molecule has 3 aliphatic heterocycles. The molecule has 3 saturated heterocycles. The molecule has 1 amide bonds. The van der Waals surface area contributed by atoms with Gasteiger partial charge in [0.2, 0.25) is 5.91 Å². The Morgan fingerprint density at radius 3 is 2.50 bits per heavy atom. The van der Waals surface area contributed by atoms with E-state index in [0.717, 1.165) is 62.5 Å². The van der Waals surface area contributed by atoms with E-state index in [-0.39, 0.29) is 45.2 Å². The Hall–Kier alpha value is -2.54. The molecule has 1 aromatic carbocycles. The topological polar surface area (TPSA) is 136 Å². The third kappa shape index (κ3) is 6.41. The number of hydrogen-bond acceptors (Lipinski definition) is 10. The first-order valence-corrected chi connectivity index (χ1v) is 16.3. The van der Waals surface area contributed by atoms with Gasteiger partial charge in [0.15, 0.2) is 11.8 Å². The number of hydroxylamine groups is 2. The van der Waals surface area contributed by atoms with Crippen LogP contribution >= 0.6 is 0 Å². The minimum Gasteiger partial charge on any atom is -0.499 e. The summed E-state index contributed by atoms with van der Waals surface area (Å²) in [6.07, 6.45) is 8.53. The third-order valence-corrected chi connectivity index (χ3v) is 9.33. The number of ether oxygens (including phenoxy) is 4. The van der Waals surface area contributed by atoms with Crippen LogP contribution in [0.3, 0.4) is 0 Å². The molecule has 0 spiro atoms. The second-order valence-electron chi connectivity index (χ2n) is 12.3. The number of nitrogens with zero attached hydrogens (tertiary/aromatic N) is 1. The molecule has 2 bridgehead atoms. The molecular weight excluding hydrogens is 568 g/mol. The lowest BCUT2D eigenvalue weighted by Gasteiger charge is -2.48. The molecule has 11 nitrogen and oxygen atoms in total. The van der Waals surface area contributed by atoms with Gasteiger partial charge in [0.1, 0.15) is 36.4 Å². The van der Waals surface area contributed by atoms with Crippen molar-refractivity contribution in [1.82, 2.24) is 10.4 Å². The Morgan fingerprint density at radius 2 is 1.80 bits per heavy atom. The summed E-state index contributed by atoms with van der Waals surface area (Å²) in [5, 5.41) is 23.0. The highest BCUT2D eigenvalue weighted by molar-refractivity contribution is 5.93. The number of esters is 1. The number of carbonyl (C=O) groups excluding carboxylic acids is 2. The van der Waals surface area contributed by atoms with Gasteiger partial charge in [-0.05, 0) is 30.0 Å². The molecule has 5 rings (SSSR count). The van der Waals surface area contributed by atoms with Crippen LogP contribution in [0, 0.1) is 5.41 Å². The van der Waals surface area contributed by atoms with Crippen LogP contribution in [0.2, 0.25) is 0 Å². The molecular formula is C33H48N2O9. The summed E-state index contributed by atoms with van der Waals surface area (Å²) in [5.41, 5.74) is 0.413. The zero-order valence-electron chi connectivity index (χ0n) is 25.9. The first kappa shape index (κ1) is 32.8. The molecule has 44 heavy (non-hydrogen) atoms. The van der Waals surface area contributed by atoms with E-state index in [9.17, 15) is 14.7 Å². The Balaban J connectivity index is 1.48. The standard InChI is InChI=1S/C33H48N2O9/c1-3-5-9-14-32(15-10-6-4-2)42-26-25-21-33(31(39)34-16-17-36)28(30(38)41-25)35(44-29(33)27(26)43-32)22-24-12-8-7-11-23(24)13-19-40-20-18-37/h7-8,11-13,19,25-29,36-37H,3-6,9-10,14-18,20-22H2,1-2H3,(H,34,39). The number of unbranched alkanes of at least 4 members (excludes halogenated alkanes) is 4. The summed E-state index contributed by atoms with van der Waals surface area (Å²) >= 11 is 0. The molecule has 6 unspecified atom stereocenters. The van der Waals surface area contributed by atoms with Crippen molar-refractivity contribution in [3.8, 4) is 0 Å². The Kier molecular flexibility index (Phi) is 11.0. The van der Waals surface area contributed by atoms with Crippen LogP contribution in [0.25, 0.3) is 6.08 Å². The largest absolute Gasteiger partial charge is 0.499 e. The third-order valence-electron chi connectivity index (χ3n) is 9.33. The van der Waals surface area contributed by atoms with Gasteiger partial charge in [-0.2, -0.15) is 5.06 Å². The second kappa shape index (κ2) is 14.7. The van der Waals surface area contributed by atoms with Gasteiger partial charge < -0.3 is 34.5 Å². The van der Waals surface area contributed by atoms with Gasteiger partial charge in [-0.15, -0.1) is 0 Å². The van der Waals surface area contributed by atoms with Crippen LogP contribution in [0.1, 0.15) is 82.8 Å². The molecule has 4 fully saturated rings. The van der Waals surface area contributed by atoms with E-state index < -0.39 is 47.6 Å². The first-order chi connectivity index (χ1) is 21.4. The summed E-state index contributed by atoms with van der Waals surface area (Å²) in [5.74, 6) is -1.71. The maximum atomic E-state index is 14.1. The maximum absolute atomic E-state index is 14.1. The van der Waals surface area contributed by atoms with Crippen LogP contribution in [0.15, 0.2) is 30.5 Å². The van der Waals surface area contributed by atoms with Crippen molar-refractivity contribution in [3.05, 3.63) is 41.7 Å². The molecule has 1 saturated carbocycles. The predicted octanol–water partition coefficient (Wildman–Crippen LogP) is 3.22. The average Bonchev–Trinajstić information content (AvgIpc) is 3.57. The number of benzene rings is 1. The van der Waals surface area contributed by atoms with Crippen molar-refractivity contribution in [1.29, 1.82) is 0 Å². The van der Waals surface area contributed by atoms with Gasteiger partial charge in [0, 0.05) is 25.8 Å². The monoisotopic (exact) mass is 616 g/mol. The van der Waals surface area contributed by atoms with E-state index in [0.29, 0.717) is 0 Å². The molecule has 1 aromatic rings. The molecule has 0 aromatic heterocycles. The number of hydrogen-bond donors (Lipinski definition) is 3. The Labute approximate surface area is 259 Å². The first-order valence-electron chi connectivity index (χ1n) is 16.3. The zero-order chi connectivity index (χ0) is 31.2. The Morgan fingerprint density at radius 1 is 1.07 bits per heavy atom. The van der Waals surface area contributed by atoms with Gasteiger partial charge in [-0.1, -0.05) is 63.8 Å². The van der Waals surface area contributed by atoms with E-state index in [1.54, 1.807) is 11.1 Å². The van der Waals surface area contributed by atoms with Crippen molar-refractivity contribution >= 4 is 18.0 Å². The number of amides is 1. The lowest BCUT2D eigenvalue weighted by molar-refractivity contribution is -0.224. The van der Waals surface area contributed by atoms with Crippen LogP contribution in [-0.4, -0.2) is 89.8 Å². The van der Waals surface area contributed by atoms with Gasteiger partial charge in [-0.3, -0.25) is 14.4 Å². The highest BCUT2D eigenvalue weighted by Gasteiger charge is 2.76. The second-order valence-corrected chi connectivity index (χ2v) is 12.3. The molecule has 11 heteroatoms. The van der Waals surface area contributed by atoms with E-state index >= 15 is 0 Å². The summed E-state index contributed by atoms with van der Waals surface area (Å²) in [4.78, 5) is 34.5. The number of carbonyl (C=O) groups is 2. The summed E-state index contributed by atoms with van der Waals surface area (Å²) in [7, 11) is 0. The molecule has 0 radical (unpaired) electrons. The average molecular weight is 617 g/mol. The normalized spacial score (nSPS) is 30.4. The SMILES string of the molecule is CCCCCC1(CCCCC)OC2C3CC4(C(=O)NCCO)C(ON(Cc5ccccc5C=COCCO)C4C(=O)O3)C2O1. The Bertz CT molecular complexity index is 1150. The fraction of sp³-hybridized carbons (Fsp3) is 0.697. The number of aliphatic hydroxyl groups excluding tert-OH is 2. The van der Waals surface area contributed by atoms with E-state index in [4.69, 9.17) is 28.9 Å². The highest BCUT2D eigenvalue weighted by atomic mass is 16.8. The lowest BCUT2D eigenvalue weighted by atomic mass is 9.62. The minimum absolute atomic E-state index is 0.0601. The molecule has 3 N–H and O–H groups in total. The van der Waals surface area contributed by atoms with Crippen LogP contribution in [-0.2, 0) is 39.9 Å². The quantitative estimate of drug-likeness (QED) is 0.136. The van der Waals surface area contributed by atoms with Gasteiger partial charge in [-0.25, -0.2) is 0 Å². The summed E-state index contributed by atoms with van der Waals surface area (Å²) in [6.45, 7) is 4.45. The zero-order valence-corrected chi connectivity index (χ0v) is 25.9. The summed E-state index contributed by atoms with van der Waals surface area (Å²) < 4.78 is 25.0. The van der Waals surface area contributed by atoms with E-state index in [1.165, 1.54) is 6.26 Å². The fourth-order valence-electron chi connectivity index (χ4n) is 7.28. The van der Waals surface area contributed by atoms with Crippen molar-refractivity contribution in [3.63, 3.8) is 0 Å². The van der Waals surface area contributed by atoms with Crippen molar-refractivity contribution in [2.45, 2.75) is 114 Å². The smallest absolute Gasteiger partial charge is 0.327 e.